The van der Waals surface area contributed by atoms with Crippen LogP contribution in [0.4, 0.5) is 5.69 Å². The fraction of sp³-hybridized carbons (Fsp3) is 0.250. The van der Waals surface area contributed by atoms with Gasteiger partial charge in [0.2, 0.25) is 0 Å². The van der Waals surface area contributed by atoms with Crippen LogP contribution >= 0.6 is 55.1 Å². The van der Waals surface area contributed by atoms with Crippen LogP contribution in [0.5, 0.6) is 5.75 Å². The SMILES string of the molecule is CCCOc1c(Br)cc(Br)cc1CNc1ccc(Cl)c(Cl)c1. The molecule has 0 saturated carbocycles. The van der Waals surface area contributed by atoms with E-state index in [4.69, 9.17) is 27.9 Å². The smallest absolute Gasteiger partial charge is 0.138 e. The molecule has 0 saturated heterocycles. The van der Waals surface area contributed by atoms with Crippen LogP contribution in [0.25, 0.3) is 0 Å². The molecule has 1 N–H and O–H groups in total. The van der Waals surface area contributed by atoms with Crippen LogP contribution in [-0.4, -0.2) is 6.61 Å². The molecule has 0 aliphatic rings. The highest BCUT2D eigenvalue weighted by atomic mass is 79.9. The molecule has 0 spiro atoms. The summed E-state index contributed by atoms with van der Waals surface area (Å²) >= 11 is 19.0. The summed E-state index contributed by atoms with van der Waals surface area (Å²) < 4.78 is 7.77. The molecule has 0 unspecified atom stereocenters. The monoisotopic (exact) mass is 465 g/mol. The second kappa shape index (κ2) is 8.44. The van der Waals surface area contributed by atoms with E-state index in [0.29, 0.717) is 23.2 Å². The van der Waals surface area contributed by atoms with Gasteiger partial charge in [-0.2, -0.15) is 0 Å². The molecule has 0 aromatic heterocycles. The van der Waals surface area contributed by atoms with E-state index >= 15 is 0 Å². The van der Waals surface area contributed by atoms with Crippen molar-refractivity contribution in [2.45, 2.75) is 19.9 Å². The highest BCUT2D eigenvalue weighted by Gasteiger charge is 2.10. The molecule has 2 nitrogen and oxygen atoms in total. The molecular formula is C16H15Br2Cl2NO. The van der Waals surface area contributed by atoms with E-state index in [2.05, 4.69) is 44.1 Å². The lowest BCUT2D eigenvalue weighted by Crippen LogP contribution is -2.05. The molecule has 2 aromatic rings. The molecule has 2 aromatic carbocycles. The average Bonchev–Trinajstić information content (AvgIpc) is 2.47. The van der Waals surface area contributed by atoms with Gasteiger partial charge in [0.25, 0.3) is 0 Å². The van der Waals surface area contributed by atoms with Crippen molar-refractivity contribution in [3.63, 3.8) is 0 Å². The predicted molar refractivity (Wildman–Crippen MR) is 101 cm³/mol. The van der Waals surface area contributed by atoms with Crippen molar-refractivity contribution in [2.75, 3.05) is 11.9 Å². The Labute approximate surface area is 157 Å². The van der Waals surface area contributed by atoms with Crippen molar-refractivity contribution in [3.8, 4) is 5.75 Å². The third-order valence-electron chi connectivity index (χ3n) is 2.94. The van der Waals surface area contributed by atoms with E-state index in [1.807, 2.05) is 24.3 Å². The lowest BCUT2D eigenvalue weighted by molar-refractivity contribution is 0.312. The molecule has 0 aliphatic carbocycles. The molecule has 118 valence electrons. The van der Waals surface area contributed by atoms with Gasteiger partial charge in [0.1, 0.15) is 5.75 Å². The zero-order valence-corrected chi connectivity index (χ0v) is 16.6. The Morgan fingerprint density at radius 1 is 1.09 bits per heavy atom. The van der Waals surface area contributed by atoms with Crippen LogP contribution in [0.15, 0.2) is 39.3 Å². The minimum atomic E-state index is 0.532. The van der Waals surface area contributed by atoms with Crippen LogP contribution in [0, 0.1) is 0 Å². The quantitative estimate of drug-likeness (QED) is 0.497. The Balaban J connectivity index is 2.18. The number of ether oxygens (including phenoxy) is 1. The topological polar surface area (TPSA) is 21.3 Å². The maximum absolute atomic E-state index is 6.03. The Hall–Kier alpha value is -0.420. The number of benzene rings is 2. The zero-order chi connectivity index (χ0) is 16.1. The van der Waals surface area contributed by atoms with Crippen molar-refractivity contribution in [3.05, 3.63) is 54.9 Å². The summed E-state index contributed by atoms with van der Waals surface area (Å²) in [6, 6.07) is 9.50. The van der Waals surface area contributed by atoms with E-state index in [1.165, 1.54) is 0 Å². The molecule has 22 heavy (non-hydrogen) atoms. The molecule has 0 heterocycles. The van der Waals surface area contributed by atoms with Gasteiger partial charge in [0.15, 0.2) is 0 Å². The first-order chi connectivity index (χ1) is 10.5. The number of hydrogen-bond donors (Lipinski definition) is 1. The summed E-state index contributed by atoms with van der Waals surface area (Å²) in [7, 11) is 0. The highest BCUT2D eigenvalue weighted by molar-refractivity contribution is 9.11. The van der Waals surface area contributed by atoms with E-state index in [1.54, 1.807) is 6.07 Å². The fourth-order valence-corrected chi connectivity index (χ4v) is 3.64. The lowest BCUT2D eigenvalue weighted by Gasteiger charge is -2.15. The number of anilines is 1. The number of rotatable bonds is 6. The summed E-state index contributed by atoms with van der Waals surface area (Å²) in [5, 5.41) is 4.41. The summed E-state index contributed by atoms with van der Waals surface area (Å²) in [6.07, 6.45) is 0.960. The van der Waals surface area contributed by atoms with Gasteiger partial charge in [-0.1, -0.05) is 46.1 Å². The Morgan fingerprint density at radius 3 is 2.55 bits per heavy atom. The van der Waals surface area contributed by atoms with Crippen molar-refractivity contribution >= 4 is 60.7 Å². The van der Waals surface area contributed by atoms with Gasteiger partial charge < -0.3 is 10.1 Å². The first-order valence-electron chi connectivity index (χ1n) is 6.81. The molecule has 0 fully saturated rings. The molecule has 6 heteroatoms. The highest BCUT2D eigenvalue weighted by Crippen LogP contribution is 2.34. The van der Waals surface area contributed by atoms with E-state index in [9.17, 15) is 0 Å². The Morgan fingerprint density at radius 2 is 1.86 bits per heavy atom. The van der Waals surface area contributed by atoms with Gasteiger partial charge >= 0.3 is 0 Å². The van der Waals surface area contributed by atoms with E-state index in [-0.39, 0.29) is 0 Å². The van der Waals surface area contributed by atoms with Gasteiger partial charge in [-0.15, -0.1) is 0 Å². The summed E-state index contributed by atoms with van der Waals surface area (Å²) in [6.45, 7) is 3.38. The summed E-state index contributed by atoms with van der Waals surface area (Å²) in [4.78, 5) is 0. The average molecular weight is 468 g/mol. The maximum atomic E-state index is 6.03. The molecule has 0 amide bonds. The molecule has 0 atom stereocenters. The molecule has 0 bridgehead atoms. The molecule has 0 aliphatic heterocycles. The largest absolute Gasteiger partial charge is 0.492 e. The van der Waals surface area contributed by atoms with Crippen LogP contribution in [-0.2, 0) is 6.54 Å². The van der Waals surface area contributed by atoms with Gasteiger partial charge in [-0.25, -0.2) is 0 Å². The number of nitrogens with one attached hydrogen (secondary N) is 1. The van der Waals surface area contributed by atoms with Gasteiger partial charge in [0, 0.05) is 22.3 Å². The maximum Gasteiger partial charge on any atom is 0.138 e. The van der Waals surface area contributed by atoms with Crippen LogP contribution in [0.3, 0.4) is 0 Å². The minimum Gasteiger partial charge on any atom is -0.492 e. The third kappa shape index (κ3) is 4.79. The van der Waals surface area contributed by atoms with Crippen LogP contribution in [0.1, 0.15) is 18.9 Å². The van der Waals surface area contributed by atoms with Gasteiger partial charge in [0.05, 0.1) is 21.1 Å². The summed E-state index contributed by atoms with van der Waals surface area (Å²) in [5.41, 5.74) is 1.97. The Bertz CT molecular complexity index is 665. The van der Waals surface area contributed by atoms with Crippen LogP contribution < -0.4 is 10.1 Å². The lowest BCUT2D eigenvalue weighted by atomic mass is 10.2. The van der Waals surface area contributed by atoms with Crippen molar-refractivity contribution in [1.82, 2.24) is 0 Å². The van der Waals surface area contributed by atoms with Crippen molar-refractivity contribution in [1.29, 1.82) is 0 Å². The van der Waals surface area contributed by atoms with Gasteiger partial charge in [-0.3, -0.25) is 0 Å². The minimum absolute atomic E-state index is 0.532. The normalized spacial score (nSPS) is 10.6. The Kier molecular flexibility index (Phi) is 6.87. The van der Waals surface area contributed by atoms with Gasteiger partial charge in [-0.05, 0) is 52.7 Å². The standard InChI is InChI=1S/C16H15Br2Cl2NO/c1-2-5-22-16-10(6-11(17)7-13(16)18)9-21-12-3-4-14(19)15(20)8-12/h3-4,6-8,21H,2,5,9H2,1H3. The van der Waals surface area contributed by atoms with Crippen LogP contribution in [0.2, 0.25) is 10.0 Å². The second-order valence-electron chi connectivity index (χ2n) is 4.71. The third-order valence-corrected chi connectivity index (χ3v) is 4.72. The molecule has 0 radical (unpaired) electrons. The molecule has 2 rings (SSSR count). The van der Waals surface area contributed by atoms with E-state index < -0.39 is 0 Å². The second-order valence-corrected chi connectivity index (χ2v) is 7.29. The fourth-order valence-electron chi connectivity index (χ4n) is 1.91. The number of halogens is 4. The van der Waals surface area contributed by atoms with E-state index in [0.717, 1.165) is 32.4 Å². The zero-order valence-electron chi connectivity index (χ0n) is 11.9. The summed E-state index contributed by atoms with van der Waals surface area (Å²) in [5.74, 6) is 0.859. The predicted octanol–water partition coefficient (Wildman–Crippen LogP) is 6.92. The molecular weight excluding hydrogens is 453 g/mol. The first-order valence-corrected chi connectivity index (χ1v) is 9.15. The van der Waals surface area contributed by atoms with Crippen molar-refractivity contribution < 1.29 is 4.74 Å². The number of hydrogen-bond acceptors (Lipinski definition) is 2. The van der Waals surface area contributed by atoms with Crippen molar-refractivity contribution in [2.24, 2.45) is 0 Å². The first kappa shape index (κ1) is 17.9.